The molecule has 0 fully saturated rings. The number of rotatable bonds is 3. The van der Waals surface area contributed by atoms with E-state index >= 15 is 0 Å². The summed E-state index contributed by atoms with van der Waals surface area (Å²) < 4.78 is 0. The number of fused-ring (bicyclic) bond motifs is 1. The number of nitrogens with zero attached hydrogens (tertiary/aromatic N) is 3. The third-order valence-corrected chi connectivity index (χ3v) is 8.32. The highest BCUT2D eigenvalue weighted by Crippen LogP contribution is 2.42. The summed E-state index contributed by atoms with van der Waals surface area (Å²) in [4.78, 5) is 4.07. The van der Waals surface area contributed by atoms with Gasteiger partial charge in [-0.3, -0.25) is 0 Å². The van der Waals surface area contributed by atoms with Gasteiger partial charge in [-0.2, -0.15) is 0 Å². The average Bonchev–Trinajstić information content (AvgIpc) is 3.52. The minimum absolute atomic E-state index is 0.0758. The lowest BCUT2D eigenvalue weighted by molar-refractivity contribution is 0.438. The summed E-state index contributed by atoms with van der Waals surface area (Å²) in [7, 11) is 0. The fraction of sp³-hybridized carbons (Fsp3) is 0.357. The number of hydrogen-bond acceptors (Lipinski definition) is 5. The van der Waals surface area contributed by atoms with Crippen LogP contribution in [0.25, 0.3) is 32.1 Å². The average molecular weight is 490 g/mol. The predicted molar refractivity (Wildman–Crippen MR) is 146 cm³/mol. The largest absolute Gasteiger partial charge is 0.505 e. The Morgan fingerprint density at radius 2 is 1.62 bits per heavy atom. The standard InChI is InChI=1S/C28H31N3OS2/c1-27(2,3)17-15-20(28(4,5)6)26(32)21(16-17)31-29-24-18(22-9-7-13-33-22)11-12-19(25(24)30-31)23-10-8-14-34-23/h7,9-13,15-16,32H,8,14H2,1-6H3. The Morgan fingerprint density at radius 3 is 2.21 bits per heavy atom. The molecular weight excluding hydrogens is 458 g/mol. The molecule has 0 atom stereocenters. The van der Waals surface area contributed by atoms with Crippen LogP contribution < -0.4 is 0 Å². The van der Waals surface area contributed by atoms with Crippen LogP contribution in [0, 0.1) is 0 Å². The molecule has 0 spiro atoms. The topological polar surface area (TPSA) is 50.9 Å². The zero-order valence-corrected chi connectivity index (χ0v) is 22.3. The van der Waals surface area contributed by atoms with Crippen molar-refractivity contribution in [1.29, 1.82) is 0 Å². The fourth-order valence-corrected chi connectivity index (χ4v) is 6.08. The maximum atomic E-state index is 11.4. The van der Waals surface area contributed by atoms with Gasteiger partial charge in [0.25, 0.3) is 0 Å². The Morgan fingerprint density at radius 1 is 0.912 bits per heavy atom. The molecule has 176 valence electrons. The first-order valence-electron chi connectivity index (χ1n) is 11.7. The monoisotopic (exact) mass is 489 g/mol. The molecule has 0 amide bonds. The van der Waals surface area contributed by atoms with Crippen LogP contribution >= 0.6 is 23.1 Å². The second kappa shape index (κ2) is 8.28. The van der Waals surface area contributed by atoms with Crippen LogP contribution in [0.2, 0.25) is 0 Å². The van der Waals surface area contributed by atoms with Crippen molar-refractivity contribution in [3.8, 4) is 21.9 Å². The van der Waals surface area contributed by atoms with E-state index in [1.807, 2.05) is 17.8 Å². The van der Waals surface area contributed by atoms with Crippen LogP contribution in [0.3, 0.4) is 0 Å². The molecule has 0 aliphatic carbocycles. The molecule has 4 nitrogen and oxygen atoms in total. The SMILES string of the molecule is CC(C)(C)c1cc(-n2nc3c(C4=CCCS4)ccc(-c4cccs4)c3n2)c(O)c(C(C)(C)C)c1. The number of thiophene rings is 1. The van der Waals surface area contributed by atoms with Crippen LogP contribution in [0.15, 0.2) is 47.9 Å². The molecule has 0 radical (unpaired) electrons. The van der Waals surface area contributed by atoms with E-state index in [0.29, 0.717) is 5.69 Å². The molecule has 2 aromatic heterocycles. The van der Waals surface area contributed by atoms with Crippen molar-refractivity contribution < 1.29 is 5.11 Å². The summed E-state index contributed by atoms with van der Waals surface area (Å²) in [6.07, 6.45) is 3.37. The van der Waals surface area contributed by atoms with Gasteiger partial charge in [0.15, 0.2) is 0 Å². The third-order valence-electron chi connectivity index (χ3n) is 6.28. The highest BCUT2D eigenvalue weighted by Gasteiger charge is 2.27. The van der Waals surface area contributed by atoms with E-state index in [9.17, 15) is 5.11 Å². The second-order valence-corrected chi connectivity index (χ2v) is 13.0. The van der Waals surface area contributed by atoms with Gasteiger partial charge in [0, 0.05) is 32.2 Å². The van der Waals surface area contributed by atoms with E-state index in [1.54, 1.807) is 16.1 Å². The lowest BCUT2D eigenvalue weighted by Crippen LogP contribution is -2.18. The molecule has 6 heteroatoms. The molecule has 1 N–H and O–H groups in total. The Kier molecular flexibility index (Phi) is 5.64. The molecule has 1 aliphatic heterocycles. The first kappa shape index (κ1) is 23.2. The summed E-state index contributed by atoms with van der Waals surface area (Å²) in [6, 6.07) is 12.7. The number of phenolic OH excluding ortho intramolecular Hbond substituents is 1. The van der Waals surface area contributed by atoms with E-state index < -0.39 is 0 Å². The molecule has 2 aromatic carbocycles. The van der Waals surface area contributed by atoms with Gasteiger partial charge in [0.1, 0.15) is 22.5 Å². The van der Waals surface area contributed by atoms with Gasteiger partial charge in [0.05, 0.1) is 0 Å². The number of thioether (sulfide) groups is 1. The van der Waals surface area contributed by atoms with E-state index in [4.69, 9.17) is 10.2 Å². The fourth-order valence-electron chi connectivity index (χ4n) is 4.31. The number of hydrogen-bond donors (Lipinski definition) is 1. The summed E-state index contributed by atoms with van der Waals surface area (Å²) in [6.45, 7) is 13.0. The maximum absolute atomic E-state index is 11.4. The van der Waals surface area contributed by atoms with Crippen LogP contribution in [0.5, 0.6) is 5.75 Å². The van der Waals surface area contributed by atoms with Crippen LogP contribution in [0.1, 0.15) is 64.7 Å². The van der Waals surface area contributed by atoms with Crippen molar-refractivity contribution in [2.45, 2.75) is 58.8 Å². The molecule has 0 unspecified atom stereocenters. The zero-order chi connectivity index (χ0) is 24.3. The van der Waals surface area contributed by atoms with Crippen LogP contribution in [-0.2, 0) is 10.8 Å². The van der Waals surface area contributed by atoms with Gasteiger partial charge < -0.3 is 5.11 Å². The molecule has 0 bridgehead atoms. The Hall–Kier alpha value is -2.57. The van der Waals surface area contributed by atoms with Gasteiger partial charge >= 0.3 is 0 Å². The number of allylic oxidation sites excluding steroid dienone is 1. The Balaban J connectivity index is 1.80. The van der Waals surface area contributed by atoms with Gasteiger partial charge in [0.2, 0.25) is 0 Å². The van der Waals surface area contributed by atoms with Gasteiger partial charge in [-0.25, -0.2) is 0 Å². The van der Waals surface area contributed by atoms with E-state index in [-0.39, 0.29) is 16.6 Å². The summed E-state index contributed by atoms with van der Waals surface area (Å²) in [5.41, 5.74) is 6.33. The molecular formula is C28H31N3OS2. The van der Waals surface area contributed by atoms with Gasteiger partial charge in [-0.1, -0.05) is 71.9 Å². The molecule has 4 aromatic rings. The van der Waals surface area contributed by atoms with E-state index in [0.717, 1.165) is 45.5 Å². The Labute approximate surface area is 209 Å². The van der Waals surface area contributed by atoms with Crippen molar-refractivity contribution in [3.05, 3.63) is 64.5 Å². The van der Waals surface area contributed by atoms with Crippen LogP contribution in [0.4, 0.5) is 0 Å². The summed E-state index contributed by atoms with van der Waals surface area (Å²) in [5.74, 6) is 1.34. The summed E-state index contributed by atoms with van der Waals surface area (Å²) >= 11 is 3.57. The maximum Gasteiger partial charge on any atom is 0.146 e. The van der Waals surface area contributed by atoms with Crippen LogP contribution in [-0.4, -0.2) is 25.9 Å². The zero-order valence-electron chi connectivity index (χ0n) is 20.6. The molecule has 0 saturated carbocycles. The smallest absolute Gasteiger partial charge is 0.146 e. The molecule has 34 heavy (non-hydrogen) atoms. The third kappa shape index (κ3) is 4.07. The van der Waals surface area contributed by atoms with Gasteiger partial charge in [-0.05, 0) is 40.3 Å². The lowest BCUT2D eigenvalue weighted by atomic mass is 9.80. The molecule has 3 heterocycles. The number of aromatic nitrogens is 3. The van der Waals surface area contributed by atoms with Crippen molar-refractivity contribution in [2.75, 3.05) is 5.75 Å². The summed E-state index contributed by atoms with van der Waals surface area (Å²) in [5, 5.41) is 23.5. The lowest BCUT2D eigenvalue weighted by Gasteiger charge is -2.27. The number of phenols is 1. The molecule has 0 saturated heterocycles. The minimum atomic E-state index is -0.217. The first-order chi connectivity index (χ1) is 16.0. The number of benzene rings is 2. The minimum Gasteiger partial charge on any atom is -0.505 e. The molecule has 5 rings (SSSR count). The van der Waals surface area contributed by atoms with Crippen molar-refractivity contribution in [2.24, 2.45) is 0 Å². The van der Waals surface area contributed by atoms with Crippen molar-refractivity contribution in [3.63, 3.8) is 0 Å². The normalized spacial score (nSPS) is 14.7. The van der Waals surface area contributed by atoms with Crippen molar-refractivity contribution >= 4 is 39.0 Å². The van der Waals surface area contributed by atoms with E-state index in [2.05, 4.69) is 83.3 Å². The molecule has 1 aliphatic rings. The van der Waals surface area contributed by atoms with Crippen molar-refractivity contribution in [1.82, 2.24) is 15.0 Å². The first-order valence-corrected chi connectivity index (χ1v) is 13.6. The number of aromatic hydroxyl groups is 1. The predicted octanol–water partition coefficient (Wildman–Crippen LogP) is 7.93. The highest BCUT2D eigenvalue weighted by atomic mass is 32.2. The Bertz CT molecular complexity index is 1400. The quantitative estimate of drug-likeness (QED) is 0.317. The van der Waals surface area contributed by atoms with E-state index in [1.165, 1.54) is 9.78 Å². The van der Waals surface area contributed by atoms with Gasteiger partial charge in [-0.15, -0.1) is 38.1 Å². The second-order valence-electron chi connectivity index (χ2n) is 10.9. The highest BCUT2D eigenvalue weighted by molar-refractivity contribution is 8.08.